The monoisotopic (exact) mass is 268 g/mol. The minimum absolute atomic E-state index is 0.0163. The number of aryl methyl sites for hydroxylation is 1. The van der Waals surface area contributed by atoms with Gasteiger partial charge >= 0.3 is 0 Å². The highest BCUT2D eigenvalue weighted by atomic mass is 35.5. The van der Waals surface area contributed by atoms with Crippen molar-refractivity contribution in [3.05, 3.63) is 46.2 Å². The van der Waals surface area contributed by atoms with Gasteiger partial charge in [-0.05, 0) is 31.5 Å². The van der Waals surface area contributed by atoms with Gasteiger partial charge in [0.15, 0.2) is 5.82 Å². The molecule has 0 amide bonds. The Hall–Kier alpha value is -1.55. The minimum Gasteiger partial charge on any atom is -0.233 e. The van der Waals surface area contributed by atoms with Crippen LogP contribution in [0.5, 0.6) is 0 Å². The average molecular weight is 269 g/mol. The number of halogens is 3. The topological polar surface area (TPSA) is 25.8 Å². The van der Waals surface area contributed by atoms with Crippen molar-refractivity contribution in [2.75, 3.05) is 0 Å². The molecule has 18 heavy (non-hydrogen) atoms. The van der Waals surface area contributed by atoms with E-state index in [9.17, 15) is 8.78 Å². The first kappa shape index (κ1) is 12.9. The third kappa shape index (κ3) is 2.34. The lowest BCUT2D eigenvalue weighted by molar-refractivity contribution is 0.602. The van der Waals surface area contributed by atoms with Crippen molar-refractivity contribution in [2.24, 2.45) is 0 Å². The molecule has 1 heterocycles. The Morgan fingerprint density at radius 1 is 1.22 bits per heavy atom. The zero-order chi connectivity index (χ0) is 13.3. The molecule has 2 rings (SSSR count). The molecule has 0 saturated carbocycles. The summed E-state index contributed by atoms with van der Waals surface area (Å²) in [6, 6.07) is 3.16. The third-order valence-corrected chi connectivity index (χ3v) is 3.00. The summed E-state index contributed by atoms with van der Waals surface area (Å²) < 4.78 is 26.7. The van der Waals surface area contributed by atoms with Gasteiger partial charge in [-0.25, -0.2) is 18.7 Å². The summed E-state index contributed by atoms with van der Waals surface area (Å²) in [7, 11) is 0. The highest BCUT2D eigenvalue weighted by molar-refractivity contribution is 6.30. The van der Waals surface area contributed by atoms with E-state index in [1.165, 1.54) is 0 Å². The molecule has 0 N–H and O–H groups in total. The van der Waals surface area contributed by atoms with E-state index in [2.05, 4.69) is 9.97 Å². The molecule has 0 spiro atoms. The van der Waals surface area contributed by atoms with Crippen LogP contribution in [-0.4, -0.2) is 9.97 Å². The van der Waals surface area contributed by atoms with Crippen LogP contribution in [0.4, 0.5) is 8.78 Å². The zero-order valence-corrected chi connectivity index (χ0v) is 10.7. The van der Waals surface area contributed by atoms with Crippen LogP contribution in [0.25, 0.3) is 11.4 Å². The van der Waals surface area contributed by atoms with Gasteiger partial charge in [0.1, 0.15) is 16.8 Å². The summed E-state index contributed by atoms with van der Waals surface area (Å²) in [4.78, 5) is 8.20. The van der Waals surface area contributed by atoms with E-state index in [-0.39, 0.29) is 16.5 Å². The van der Waals surface area contributed by atoms with E-state index in [1.807, 2.05) is 6.92 Å². The number of hydrogen-bond donors (Lipinski definition) is 0. The first-order valence-corrected chi connectivity index (χ1v) is 5.89. The Morgan fingerprint density at radius 3 is 2.56 bits per heavy atom. The van der Waals surface area contributed by atoms with Gasteiger partial charge in [-0.15, -0.1) is 0 Å². The summed E-state index contributed by atoms with van der Waals surface area (Å²) in [5, 5.41) is 0.281. The molecule has 0 aliphatic rings. The zero-order valence-electron chi connectivity index (χ0n) is 9.97. The molecule has 0 radical (unpaired) electrons. The number of rotatable bonds is 2. The molecule has 0 aliphatic carbocycles. The molecule has 2 nitrogen and oxygen atoms in total. The van der Waals surface area contributed by atoms with Gasteiger partial charge in [0.05, 0.1) is 5.56 Å². The molecule has 94 valence electrons. The van der Waals surface area contributed by atoms with Crippen molar-refractivity contribution < 1.29 is 8.78 Å². The normalized spacial score (nSPS) is 10.7. The van der Waals surface area contributed by atoms with Crippen molar-refractivity contribution in [1.29, 1.82) is 0 Å². The second kappa shape index (κ2) is 4.98. The fourth-order valence-corrected chi connectivity index (χ4v) is 2.10. The highest BCUT2D eigenvalue weighted by Gasteiger charge is 2.13. The van der Waals surface area contributed by atoms with E-state index in [0.29, 0.717) is 12.1 Å². The van der Waals surface area contributed by atoms with Crippen LogP contribution >= 0.6 is 11.6 Å². The number of nitrogens with zero attached hydrogens (tertiary/aromatic N) is 2. The van der Waals surface area contributed by atoms with Gasteiger partial charge < -0.3 is 0 Å². The molecule has 0 aliphatic heterocycles. The molecule has 0 fully saturated rings. The van der Waals surface area contributed by atoms with E-state index < -0.39 is 11.6 Å². The number of aromatic nitrogens is 2. The van der Waals surface area contributed by atoms with Crippen molar-refractivity contribution in [2.45, 2.75) is 20.3 Å². The molecule has 1 aromatic heterocycles. The van der Waals surface area contributed by atoms with Crippen LogP contribution in [0, 0.1) is 18.6 Å². The van der Waals surface area contributed by atoms with Crippen molar-refractivity contribution in [3.8, 4) is 11.4 Å². The van der Waals surface area contributed by atoms with Gasteiger partial charge in [-0.3, -0.25) is 0 Å². The molecule has 1 aromatic carbocycles. The van der Waals surface area contributed by atoms with Crippen LogP contribution in [0.1, 0.15) is 18.2 Å². The van der Waals surface area contributed by atoms with Crippen LogP contribution in [0.3, 0.4) is 0 Å². The quantitative estimate of drug-likeness (QED) is 0.771. The average Bonchev–Trinajstić information content (AvgIpc) is 2.32. The fourth-order valence-electron chi connectivity index (χ4n) is 1.75. The van der Waals surface area contributed by atoms with Gasteiger partial charge in [-0.1, -0.05) is 18.5 Å². The molecule has 0 bridgehead atoms. The molecule has 2 aromatic rings. The maximum absolute atomic E-state index is 13.6. The number of benzene rings is 1. The lowest BCUT2D eigenvalue weighted by Crippen LogP contribution is -2.00. The van der Waals surface area contributed by atoms with E-state index in [1.54, 1.807) is 6.92 Å². The Bertz CT molecular complexity index is 577. The van der Waals surface area contributed by atoms with Gasteiger partial charge in [0, 0.05) is 11.3 Å². The Balaban J connectivity index is 2.61. The first-order valence-electron chi connectivity index (χ1n) is 5.51. The van der Waals surface area contributed by atoms with Crippen LogP contribution in [0.15, 0.2) is 18.2 Å². The SMILES string of the molecule is CCc1c(C)nc(-c2cc(F)ccc2F)nc1Cl. The third-order valence-electron chi connectivity index (χ3n) is 2.69. The van der Waals surface area contributed by atoms with E-state index in [4.69, 9.17) is 11.6 Å². The van der Waals surface area contributed by atoms with Gasteiger partial charge in [0.2, 0.25) is 0 Å². The molecular formula is C13H11ClF2N2. The second-order valence-corrected chi connectivity index (χ2v) is 4.24. The molecule has 0 atom stereocenters. The minimum atomic E-state index is -0.573. The highest BCUT2D eigenvalue weighted by Crippen LogP contribution is 2.25. The Labute approximate surface area is 109 Å². The Morgan fingerprint density at radius 2 is 1.94 bits per heavy atom. The Kier molecular flexibility index (Phi) is 3.57. The summed E-state index contributed by atoms with van der Waals surface area (Å²) in [5.41, 5.74) is 1.51. The first-order chi connectivity index (χ1) is 8.52. The second-order valence-electron chi connectivity index (χ2n) is 3.88. The van der Waals surface area contributed by atoms with Crippen molar-refractivity contribution in [3.63, 3.8) is 0 Å². The predicted molar refractivity (Wildman–Crippen MR) is 66.5 cm³/mol. The van der Waals surface area contributed by atoms with E-state index in [0.717, 1.165) is 23.8 Å². The van der Waals surface area contributed by atoms with Crippen LogP contribution in [0.2, 0.25) is 5.15 Å². The molecular weight excluding hydrogens is 258 g/mol. The van der Waals surface area contributed by atoms with Crippen LogP contribution in [-0.2, 0) is 6.42 Å². The molecule has 0 saturated heterocycles. The van der Waals surface area contributed by atoms with Crippen molar-refractivity contribution in [1.82, 2.24) is 9.97 Å². The largest absolute Gasteiger partial charge is 0.233 e. The standard InChI is InChI=1S/C13H11ClF2N2/c1-3-9-7(2)17-13(18-12(9)14)10-6-8(15)4-5-11(10)16/h4-6H,3H2,1-2H3. The van der Waals surface area contributed by atoms with Crippen LogP contribution < -0.4 is 0 Å². The van der Waals surface area contributed by atoms with Gasteiger partial charge in [-0.2, -0.15) is 0 Å². The molecule has 5 heteroatoms. The van der Waals surface area contributed by atoms with Crippen molar-refractivity contribution >= 4 is 11.6 Å². The summed E-state index contributed by atoms with van der Waals surface area (Å²) in [5.74, 6) is -1.01. The van der Waals surface area contributed by atoms with E-state index >= 15 is 0 Å². The van der Waals surface area contributed by atoms with Gasteiger partial charge in [0.25, 0.3) is 0 Å². The predicted octanol–water partition coefficient (Wildman–Crippen LogP) is 3.95. The molecule has 0 unspecified atom stereocenters. The summed E-state index contributed by atoms with van der Waals surface area (Å²) >= 11 is 6.01. The summed E-state index contributed by atoms with van der Waals surface area (Å²) in [6.45, 7) is 3.70. The summed E-state index contributed by atoms with van der Waals surface area (Å²) in [6.07, 6.45) is 0.691. The lowest BCUT2D eigenvalue weighted by Gasteiger charge is -2.08. The maximum atomic E-state index is 13.6. The lowest BCUT2D eigenvalue weighted by atomic mass is 10.1. The fraction of sp³-hybridized carbons (Fsp3) is 0.231. The maximum Gasteiger partial charge on any atom is 0.164 e. The number of hydrogen-bond acceptors (Lipinski definition) is 2. The smallest absolute Gasteiger partial charge is 0.164 e.